The number of carbonyl (C=O) groups excluding carboxylic acids is 1. The van der Waals surface area contributed by atoms with Crippen molar-refractivity contribution in [2.45, 2.75) is 19.8 Å². The molecule has 1 fully saturated rings. The summed E-state index contributed by atoms with van der Waals surface area (Å²) in [4.78, 5) is 25.1. The van der Waals surface area contributed by atoms with Gasteiger partial charge in [-0.2, -0.15) is 0 Å². The summed E-state index contributed by atoms with van der Waals surface area (Å²) in [6.45, 7) is 2.74. The zero-order chi connectivity index (χ0) is 12.4. The topological polar surface area (TPSA) is 83.4 Å². The number of piperidine rings is 1. The van der Waals surface area contributed by atoms with Gasteiger partial charge in [-0.15, -0.1) is 5.10 Å². The molecule has 7 heteroatoms. The van der Waals surface area contributed by atoms with Crippen molar-refractivity contribution in [1.82, 2.24) is 14.5 Å². The number of aliphatic carboxylic acids is 1. The molecule has 0 aromatic carbocycles. The number of hydrogen-bond acceptors (Lipinski definition) is 5. The van der Waals surface area contributed by atoms with Crippen molar-refractivity contribution >= 4 is 23.4 Å². The minimum atomic E-state index is -0.771. The van der Waals surface area contributed by atoms with Crippen LogP contribution in [0.2, 0.25) is 0 Å². The van der Waals surface area contributed by atoms with Gasteiger partial charge in [0.25, 0.3) is 5.91 Å². The molecule has 6 nitrogen and oxygen atoms in total. The van der Waals surface area contributed by atoms with Crippen LogP contribution < -0.4 is 0 Å². The summed E-state index contributed by atoms with van der Waals surface area (Å²) in [6, 6.07) is 0. The highest BCUT2D eigenvalue weighted by Gasteiger charge is 2.28. The van der Waals surface area contributed by atoms with Gasteiger partial charge in [-0.25, -0.2) is 0 Å². The van der Waals surface area contributed by atoms with Crippen LogP contribution in [0, 0.1) is 12.8 Å². The van der Waals surface area contributed by atoms with E-state index in [1.54, 1.807) is 11.8 Å². The Hall–Kier alpha value is -1.50. The second-order valence-electron chi connectivity index (χ2n) is 4.09. The number of amides is 1. The first-order valence-electron chi connectivity index (χ1n) is 5.40. The van der Waals surface area contributed by atoms with Crippen molar-refractivity contribution in [3.63, 3.8) is 0 Å². The maximum Gasteiger partial charge on any atom is 0.306 e. The molecule has 1 aromatic rings. The Morgan fingerprint density at radius 1 is 1.41 bits per heavy atom. The van der Waals surface area contributed by atoms with Crippen molar-refractivity contribution < 1.29 is 14.7 Å². The van der Waals surface area contributed by atoms with Crippen LogP contribution >= 0.6 is 11.5 Å². The summed E-state index contributed by atoms with van der Waals surface area (Å²) in [5.74, 6) is -1.17. The van der Waals surface area contributed by atoms with E-state index < -0.39 is 5.97 Å². The third-order valence-corrected chi connectivity index (χ3v) is 3.79. The number of aryl methyl sites for hydroxylation is 1. The molecule has 1 aliphatic heterocycles. The number of nitrogens with zero attached hydrogens (tertiary/aromatic N) is 3. The molecule has 1 aromatic heterocycles. The van der Waals surface area contributed by atoms with Crippen LogP contribution in [0.3, 0.4) is 0 Å². The number of carboxylic acid groups (broad SMARTS) is 1. The van der Waals surface area contributed by atoms with Crippen molar-refractivity contribution in [3.8, 4) is 0 Å². The van der Waals surface area contributed by atoms with E-state index in [1.165, 1.54) is 0 Å². The third kappa shape index (κ3) is 2.44. The van der Waals surface area contributed by atoms with E-state index in [2.05, 4.69) is 9.59 Å². The Bertz CT molecular complexity index is 438. The smallest absolute Gasteiger partial charge is 0.306 e. The van der Waals surface area contributed by atoms with E-state index in [0.29, 0.717) is 36.5 Å². The molecule has 1 amide bonds. The molecule has 0 aliphatic carbocycles. The lowest BCUT2D eigenvalue weighted by atomic mass is 9.97. The fourth-order valence-electron chi connectivity index (χ4n) is 1.90. The fraction of sp³-hybridized carbons (Fsp3) is 0.600. The Morgan fingerprint density at radius 3 is 2.53 bits per heavy atom. The molecule has 0 radical (unpaired) electrons. The largest absolute Gasteiger partial charge is 0.481 e. The first-order chi connectivity index (χ1) is 8.09. The highest BCUT2D eigenvalue weighted by Crippen LogP contribution is 2.20. The molecule has 0 saturated carbocycles. The molecule has 2 heterocycles. The molecule has 1 N–H and O–H groups in total. The highest BCUT2D eigenvalue weighted by molar-refractivity contribution is 7.07. The van der Waals surface area contributed by atoms with Crippen molar-refractivity contribution in [1.29, 1.82) is 0 Å². The van der Waals surface area contributed by atoms with Gasteiger partial charge in [0.1, 0.15) is 4.88 Å². The maximum atomic E-state index is 12.1. The van der Waals surface area contributed by atoms with Gasteiger partial charge >= 0.3 is 5.97 Å². The number of hydrogen-bond donors (Lipinski definition) is 1. The van der Waals surface area contributed by atoms with Crippen molar-refractivity contribution in [2.24, 2.45) is 5.92 Å². The summed E-state index contributed by atoms with van der Waals surface area (Å²) < 4.78 is 3.73. The number of carbonyl (C=O) groups is 2. The summed E-state index contributed by atoms with van der Waals surface area (Å²) in [6.07, 6.45) is 1.04. The van der Waals surface area contributed by atoms with E-state index in [1.807, 2.05) is 0 Å². The van der Waals surface area contributed by atoms with Gasteiger partial charge in [0.2, 0.25) is 0 Å². The average Bonchev–Trinajstić information content (AvgIpc) is 2.74. The van der Waals surface area contributed by atoms with Gasteiger partial charge in [0.05, 0.1) is 11.6 Å². The first kappa shape index (κ1) is 12.0. The zero-order valence-electron chi connectivity index (χ0n) is 9.42. The number of rotatable bonds is 2. The Morgan fingerprint density at radius 2 is 2.06 bits per heavy atom. The van der Waals surface area contributed by atoms with Gasteiger partial charge < -0.3 is 10.0 Å². The van der Waals surface area contributed by atoms with E-state index in [4.69, 9.17) is 5.11 Å². The fourth-order valence-corrected chi connectivity index (χ4v) is 2.53. The standard InChI is InChI=1S/C10H13N3O3S/c1-6-8(17-12-11-6)9(14)13-4-2-7(3-5-13)10(15)16/h7H,2-5H2,1H3,(H,15,16). The predicted molar refractivity (Wildman–Crippen MR) is 60.9 cm³/mol. The van der Waals surface area contributed by atoms with Crippen LogP contribution in [0.1, 0.15) is 28.2 Å². The molecule has 0 bridgehead atoms. The van der Waals surface area contributed by atoms with Gasteiger partial charge in [0, 0.05) is 13.1 Å². The van der Waals surface area contributed by atoms with Crippen molar-refractivity contribution in [3.05, 3.63) is 10.6 Å². The van der Waals surface area contributed by atoms with E-state index >= 15 is 0 Å². The maximum absolute atomic E-state index is 12.1. The molecular weight excluding hydrogens is 242 g/mol. The molecule has 0 atom stereocenters. The molecular formula is C10H13N3O3S. The van der Waals surface area contributed by atoms with Crippen LogP contribution in [0.4, 0.5) is 0 Å². The highest BCUT2D eigenvalue weighted by atomic mass is 32.1. The number of likely N-dealkylation sites (tertiary alicyclic amines) is 1. The average molecular weight is 255 g/mol. The lowest BCUT2D eigenvalue weighted by molar-refractivity contribution is -0.143. The second kappa shape index (κ2) is 4.79. The lowest BCUT2D eigenvalue weighted by Crippen LogP contribution is -2.40. The zero-order valence-corrected chi connectivity index (χ0v) is 10.2. The summed E-state index contributed by atoms with van der Waals surface area (Å²) in [7, 11) is 0. The van der Waals surface area contributed by atoms with Gasteiger partial charge in [-0.05, 0) is 31.3 Å². The normalized spacial score (nSPS) is 17.1. The van der Waals surface area contributed by atoms with Gasteiger partial charge in [-0.1, -0.05) is 4.49 Å². The number of carboxylic acids is 1. The summed E-state index contributed by atoms with van der Waals surface area (Å²) >= 11 is 1.09. The SMILES string of the molecule is Cc1nnsc1C(=O)N1CCC(C(=O)O)CC1. The summed E-state index contributed by atoms with van der Waals surface area (Å²) in [5, 5.41) is 12.7. The van der Waals surface area contributed by atoms with E-state index in [-0.39, 0.29) is 11.8 Å². The minimum Gasteiger partial charge on any atom is -0.481 e. The molecule has 17 heavy (non-hydrogen) atoms. The summed E-state index contributed by atoms with van der Waals surface area (Å²) in [5.41, 5.74) is 0.639. The molecule has 2 rings (SSSR count). The molecule has 0 unspecified atom stereocenters. The third-order valence-electron chi connectivity index (χ3n) is 2.98. The van der Waals surface area contributed by atoms with Crippen LogP contribution in [0.15, 0.2) is 0 Å². The van der Waals surface area contributed by atoms with Crippen molar-refractivity contribution in [2.75, 3.05) is 13.1 Å². The van der Waals surface area contributed by atoms with Crippen LogP contribution in [-0.2, 0) is 4.79 Å². The van der Waals surface area contributed by atoms with Gasteiger partial charge in [-0.3, -0.25) is 9.59 Å². The molecule has 1 aliphatic rings. The van der Waals surface area contributed by atoms with Crippen LogP contribution in [-0.4, -0.2) is 44.6 Å². The molecule has 92 valence electrons. The second-order valence-corrected chi connectivity index (χ2v) is 4.85. The monoisotopic (exact) mass is 255 g/mol. The minimum absolute atomic E-state index is 0.0821. The Balaban J connectivity index is 2.00. The van der Waals surface area contributed by atoms with E-state index in [9.17, 15) is 9.59 Å². The number of aromatic nitrogens is 2. The Labute approximate surface area is 102 Å². The molecule has 1 saturated heterocycles. The van der Waals surface area contributed by atoms with Crippen LogP contribution in [0.25, 0.3) is 0 Å². The predicted octanol–water partition coefficient (Wildman–Crippen LogP) is 0.783. The Kier molecular flexibility index (Phi) is 3.37. The first-order valence-corrected chi connectivity index (χ1v) is 6.18. The molecule has 0 spiro atoms. The lowest BCUT2D eigenvalue weighted by Gasteiger charge is -2.29. The van der Waals surface area contributed by atoms with Crippen LogP contribution in [0.5, 0.6) is 0 Å². The van der Waals surface area contributed by atoms with Gasteiger partial charge in [0.15, 0.2) is 0 Å². The quantitative estimate of drug-likeness (QED) is 0.844. The van der Waals surface area contributed by atoms with E-state index in [0.717, 1.165) is 11.5 Å².